The number of carboxylic acids is 1. The van der Waals surface area contributed by atoms with Crippen LogP contribution in [0.3, 0.4) is 0 Å². The highest BCUT2D eigenvalue weighted by molar-refractivity contribution is 8.00. The van der Waals surface area contributed by atoms with E-state index in [0.717, 1.165) is 17.8 Å². The first-order valence-corrected chi connectivity index (χ1v) is 6.83. The van der Waals surface area contributed by atoms with Crippen molar-refractivity contribution in [2.24, 2.45) is 0 Å². The third kappa shape index (κ3) is 4.06. The first kappa shape index (κ1) is 15.0. The minimum Gasteiger partial charge on any atom is -0.478 e. The van der Waals surface area contributed by atoms with Crippen molar-refractivity contribution in [1.82, 2.24) is 5.16 Å². The first-order chi connectivity index (χ1) is 9.95. The Labute approximate surface area is 123 Å². The second-order valence-electron chi connectivity index (χ2n) is 4.12. The molecule has 0 bridgehead atoms. The maximum absolute atomic E-state index is 13.2. The van der Waals surface area contributed by atoms with E-state index in [0.29, 0.717) is 10.6 Å². The van der Waals surface area contributed by atoms with Crippen molar-refractivity contribution in [2.45, 2.75) is 11.8 Å². The third-order valence-corrected chi connectivity index (χ3v) is 3.42. The second kappa shape index (κ2) is 6.40. The summed E-state index contributed by atoms with van der Waals surface area (Å²) in [6.07, 6.45) is 0. The third-order valence-electron chi connectivity index (χ3n) is 2.43. The molecule has 8 heteroatoms. The van der Waals surface area contributed by atoms with E-state index in [1.807, 2.05) is 0 Å². The molecule has 0 radical (unpaired) electrons. The molecule has 0 aliphatic rings. The highest BCUT2D eigenvalue weighted by Crippen LogP contribution is 2.21. The molecule has 1 aromatic heterocycles. The second-order valence-corrected chi connectivity index (χ2v) is 5.16. The van der Waals surface area contributed by atoms with Crippen molar-refractivity contribution in [3.8, 4) is 0 Å². The van der Waals surface area contributed by atoms with Crippen LogP contribution < -0.4 is 5.32 Å². The number of anilines is 1. The molecule has 6 nitrogen and oxygen atoms in total. The molecule has 1 amide bonds. The predicted molar refractivity (Wildman–Crippen MR) is 74.0 cm³/mol. The SMILES string of the molecule is Cc1cc(NC(=O)CSc2ccc(F)c(C(=O)O)c2)on1. The van der Waals surface area contributed by atoms with Crippen LogP contribution >= 0.6 is 11.8 Å². The van der Waals surface area contributed by atoms with E-state index in [2.05, 4.69) is 10.5 Å². The summed E-state index contributed by atoms with van der Waals surface area (Å²) in [5.74, 6) is -2.23. The highest BCUT2D eigenvalue weighted by atomic mass is 32.2. The molecule has 1 aromatic carbocycles. The number of carbonyl (C=O) groups excluding carboxylic acids is 1. The number of carboxylic acid groups (broad SMARTS) is 1. The number of hydrogen-bond acceptors (Lipinski definition) is 5. The fourth-order valence-corrected chi connectivity index (χ4v) is 2.24. The summed E-state index contributed by atoms with van der Waals surface area (Å²) in [6, 6.07) is 5.24. The van der Waals surface area contributed by atoms with E-state index in [1.54, 1.807) is 13.0 Å². The van der Waals surface area contributed by atoms with Gasteiger partial charge in [-0.1, -0.05) is 5.16 Å². The summed E-state index contributed by atoms with van der Waals surface area (Å²) in [6.45, 7) is 1.72. The van der Waals surface area contributed by atoms with Crippen LogP contribution in [0.1, 0.15) is 16.1 Å². The average Bonchev–Trinajstić information content (AvgIpc) is 2.82. The van der Waals surface area contributed by atoms with E-state index in [9.17, 15) is 14.0 Å². The van der Waals surface area contributed by atoms with Crippen molar-refractivity contribution in [3.05, 3.63) is 41.3 Å². The molecule has 21 heavy (non-hydrogen) atoms. The molecule has 0 spiro atoms. The molecule has 1 heterocycles. The van der Waals surface area contributed by atoms with Gasteiger partial charge in [-0.05, 0) is 25.1 Å². The number of halogens is 1. The fraction of sp³-hybridized carbons (Fsp3) is 0.154. The van der Waals surface area contributed by atoms with Crippen LogP contribution in [-0.4, -0.2) is 27.9 Å². The van der Waals surface area contributed by atoms with Crippen molar-refractivity contribution in [1.29, 1.82) is 0 Å². The minimum atomic E-state index is -1.35. The maximum atomic E-state index is 13.2. The molecule has 0 aliphatic heterocycles. The molecular weight excluding hydrogens is 299 g/mol. The molecule has 110 valence electrons. The van der Waals surface area contributed by atoms with Crippen LogP contribution in [0.15, 0.2) is 33.7 Å². The number of rotatable bonds is 5. The van der Waals surface area contributed by atoms with Crippen molar-refractivity contribution in [3.63, 3.8) is 0 Å². The molecule has 2 rings (SSSR count). The van der Waals surface area contributed by atoms with Crippen LogP contribution in [0, 0.1) is 12.7 Å². The average molecular weight is 310 g/mol. The summed E-state index contributed by atoms with van der Waals surface area (Å²) in [5, 5.41) is 14.9. The number of nitrogens with one attached hydrogen (secondary N) is 1. The zero-order valence-corrected chi connectivity index (χ0v) is 11.7. The fourth-order valence-electron chi connectivity index (χ4n) is 1.50. The van der Waals surface area contributed by atoms with E-state index < -0.39 is 17.3 Å². The minimum absolute atomic E-state index is 0.0322. The summed E-state index contributed by atoms with van der Waals surface area (Å²) < 4.78 is 18.1. The van der Waals surface area contributed by atoms with Crippen LogP contribution in [0.4, 0.5) is 10.3 Å². The van der Waals surface area contributed by atoms with E-state index >= 15 is 0 Å². The lowest BCUT2D eigenvalue weighted by atomic mass is 10.2. The Bertz CT molecular complexity index is 687. The number of aryl methyl sites for hydroxylation is 1. The molecule has 0 aliphatic carbocycles. The normalized spacial score (nSPS) is 10.4. The molecule has 0 atom stereocenters. The van der Waals surface area contributed by atoms with Gasteiger partial charge in [0.1, 0.15) is 5.82 Å². The zero-order valence-electron chi connectivity index (χ0n) is 10.9. The standard InChI is InChI=1S/C13H11FN2O4S/c1-7-4-12(20-16-7)15-11(17)6-21-8-2-3-10(14)9(5-8)13(18)19/h2-5H,6H2,1H3,(H,15,17)(H,18,19). The molecule has 0 unspecified atom stereocenters. The number of nitrogens with zero attached hydrogens (tertiary/aromatic N) is 1. The van der Waals surface area contributed by atoms with Crippen LogP contribution in [0.5, 0.6) is 0 Å². The maximum Gasteiger partial charge on any atom is 0.338 e. The summed E-state index contributed by atoms with van der Waals surface area (Å²) in [4.78, 5) is 23.0. The number of thioether (sulfide) groups is 1. The quantitative estimate of drug-likeness (QED) is 0.825. The number of amides is 1. The number of aromatic nitrogens is 1. The molecule has 0 saturated carbocycles. The lowest BCUT2D eigenvalue weighted by molar-refractivity contribution is -0.113. The monoisotopic (exact) mass is 310 g/mol. The Kier molecular flexibility index (Phi) is 4.59. The van der Waals surface area contributed by atoms with Gasteiger partial charge in [0.25, 0.3) is 0 Å². The highest BCUT2D eigenvalue weighted by Gasteiger charge is 2.12. The van der Waals surface area contributed by atoms with Gasteiger partial charge < -0.3 is 9.63 Å². The molecular formula is C13H11FN2O4S. The van der Waals surface area contributed by atoms with Gasteiger partial charge in [-0.15, -0.1) is 11.8 Å². The Hall–Kier alpha value is -2.35. The van der Waals surface area contributed by atoms with Gasteiger partial charge in [0, 0.05) is 11.0 Å². The van der Waals surface area contributed by atoms with E-state index in [1.165, 1.54) is 12.1 Å². The Morgan fingerprint density at radius 1 is 1.43 bits per heavy atom. The predicted octanol–water partition coefficient (Wildman–Crippen LogP) is 2.55. The number of carbonyl (C=O) groups is 2. The zero-order chi connectivity index (χ0) is 15.4. The van der Waals surface area contributed by atoms with E-state index in [4.69, 9.17) is 9.63 Å². The number of aromatic carboxylic acids is 1. The largest absolute Gasteiger partial charge is 0.478 e. The van der Waals surface area contributed by atoms with Crippen LogP contribution in [-0.2, 0) is 4.79 Å². The lowest BCUT2D eigenvalue weighted by Gasteiger charge is -2.04. The smallest absolute Gasteiger partial charge is 0.338 e. The Balaban J connectivity index is 1.95. The number of benzene rings is 1. The Morgan fingerprint density at radius 2 is 2.19 bits per heavy atom. The van der Waals surface area contributed by atoms with Crippen molar-refractivity contribution in [2.75, 3.05) is 11.1 Å². The van der Waals surface area contributed by atoms with Crippen LogP contribution in [0.25, 0.3) is 0 Å². The summed E-state index contributed by atoms with van der Waals surface area (Å²) >= 11 is 1.09. The van der Waals surface area contributed by atoms with Crippen molar-refractivity contribution < 1.29 is 23.6 Å². The topological polar surface area (TPSA) is 92.4 Å². The molecule has 0 saturated heterocycles. The van der Waals surface area contributed by atoms with Gasteiger partial charge in [0.05, 0.1) is 17.0 Å². The van der Waals surface area contributed by atoms with Gasteiger partial charge in [-0.2, -0.15) is 0 Å². The van der Waals surface area contributed by atoms with E-state index in [-0.39, 0.29) is 17.5 Å². The number of hydrogen-bond donors (Lipinski definition) is 2. The molecule has 0 fully saturated rings. The first-order valence-electron chi connectivity index (χ1n) is 5.84. The van der Waals surface area contributed by atoms with Crippen LogP contribution in [0.2, 0.25) is 0 Å². The summed E-state index contributed by atoms with van der Waals surface area (Å²) in [5.41, 5.74) is 0.217. The lowest BCUT2D eigenvalue weighted by Crippen LogP contribution is -2.13. The van der Waals surface area contributed by atoms with Gasteiger partial charge in [0.2, 0.25) is 11.8 Å². The molecule has 2 N–H and O–H groups in total. The molecule has 2 aromatic rings. The van der Waals surface area contributed by atoms with Gasteiger partial charge in [-0.25, -0.2) is 9.18 Å². The van der Waals surface area contributed by atoms with Crippen molar-refractivity contribution >= 4 is 29.5 Å². The van der Waals surface area contributed by atoms with Gasteiger partial charge >= 0.3 is 5.97 Å². The van der Waals surface area contributed by atoms with Gasteiger partial charge in [-0.3, -0.25) is 10.1 Å². The Morgan fingerprint density at radius 3 is 2.81 bits per heavy atom. The summed E-state index contributed by atoms with van der Waals surface area (Å²) in [7, 11) is 0. The van der Waals surface area contributed by atoms with Gasteiger partial charge in [0.15, 0.2) is 0 Å².